The minimum Gasteiger partial charge on any atom is -0.370 e. The van der Waals surface area contributed by atoms with Crippen molar-refractivity contribution >= 4 is 5.69 Å². The summed E-state index contributed by atoms with van der Waals surface area (Å²) in [5, 5.41) is 17.9. The molecule has 1 fully saturated rings. The maximum absolute atomic E-state index is 11.7. The molecule has 1 saturated heterocycles. The molecule has 0 unspecified atom stereocenters. The Bertz CT molecular complexity index is 1100. The van der Waals surface area contributed by atoms with Crippen LogP contribution in [0.5, 0.6) is 0 Å². The molecular weight excluding hydrogens is 354 g/mol. The number of rotatable bonds is 3. The van der Waals surface area contributed by atoms with E-state index >= 15 is 0 Å². The molecule has 3 heterocycles. The summed E-state index contributed by atoms with van der Waals surface area (Å²) >= 11 is 0. The van der Waals surface area contributed by atoms with Crippen LogP contribution in [-0.2, 0) is 14.1 Å². The van der Waals surface area contributed by atoms with Crippen molar-refractivity contribution in [2.45, 2.75) is 18.8 Å². The van der Waals surface area contributed by atoms with E-state index in [1.54, 1.807) is 25.8 Å². The molecule has 0 N–H and O–H groups in total. The topological polar surface area (TPSA) is 92.6 Å². The fourth-order valence-electron chi connectivity index (χ4n) is 3.88. The summed E-state index contributed by atoms with van der Waals surface area (Å²) in [4.78, 5) is 17.9. The predicted molar refractivity (Wildman–Crippen MR) is 105 cm³/mol. The number of hydrogen-bond donors (Lipinski definition) is 0. The maximum Gasteiger partial charge on any atom is 0.347 e. The van der Waals surface area contributed by atoms with Gasteiger partial charge in [0.05, 0.1) is 11.3 Å². The second-order valence-corrected chi connectivity index (χ2v) is 7.11. The minimum atomic E-state index is -0.300. The Hall–Kier alpha value is -3.47. The lowest BCUT2D eigenvalue weighted by atomic mass is 9.93. The lowest BCUT2D eigenvalue weighted by Crippen LogP contribution is -2.34. The fourth-order valence-corrected chi connectivity index (χ4v) is 3.88. The van der Waals surface area contributed by atoms with Crippen LogP contribution in [0.3, 0.4) is 0 Å². The second kappa shape index (κ2) is 7.27. The Morgan fingerprint density at radius 1 is 1.18 bits per heavy atom. The third-order valence-corrected chi connectivity index (χ3v) is 5.34. The molecule has 0 amide bonds. The first kappa shape index (κ1) is 17.9. The van der Waals surface area contributed by atoms with Crippen molar-refractivity contribution in [3.8, 4) is 17.2 Å². The third-order valence-electron chi connectivity index (χ3n) is 5.34. The molecule has 8 heteroatoms. The number of hydrogen-bond acceptors (Lipinski definition) is 6. The number of aromatic nitrogens is 5. The Balaban J connectivity index is 1.68. The Morgan fingerprint density at radius 2 is 1.96 bits per heavy atom. The summed E-state index contributed by atoms with van der Waals surface area (Å²) in [7, 11) is 3.65. The van der Waals surface area contributed by atoms with Crippen LogP contribution in [-0.4, -0.2) is 37.4 Å². The molecule has 0 saturated carbocycles. The Labute approximate surface area is 162 Å². The molecule has 1 aliphatic heterocycles. The highest BCUT2D eigenvalue weighted by Gasteiger charge is 2.26. The molecule has 28 heavy (non-hydrogen) atoms. The molecule has 1 aliphatic rings. The summed E-state index contributed by atoms with van der Waals surface area (Å²) in [6, 6.07) is 8.00. The SMILES string of the molecule is Cn1cnnc1C1CCN(c2c(C#N)cccc2-c2cnc(=O)n(C)c2)CC1. The van der Waals surface area contributed by atoms with Gasteiger partial charge in [0.25, 0.3) is 0 Å². The van der Waals surface area contributed by atoms with Gasteiger partial charge in [-0.2, -0.15) is 5.26 Å². The normalized spacial score (nSPS) is 14.8. The van der Waals surface area contributed by atoms with Crippen molar-refractivity contribution in [3.63, 3.8) is 0 Å². The summed E-state index contributed by atoms with van der Waals surface area (Å²) in [6.07, 6.45) is 6.96. The van der Waals surface area contributed by atoms with E-state index in [2.05, 4.69) is 26.2 Å². The van der Waals surface area contributed by atoms with Crippen LogP contribution >= 0.6 is 0 Å². The highest BCUT2D eigenvalue weighted by molar-refractivity contribution is 5.82. The molecule has 1 aromatic carbocycles. The van der Waals surface area contributed by atoms with Gasteiger partial charge in [-0.25, -0.2) is 9.78 Å². The summed E-state index contributed by atoms with van der Waals surface area (Å²) in [5.74, 6) is 1.37. The number of nitriles is 1. The average molecular weight is 375 g/mol. The van der Waals surface area contributed by atoms with Crippen molar-refractivity contribution in [1.29, 1.82) is 5.26 Å². The first-order valence-electron chi connectivity index (χ1n) is 9.23. The van der Waals surface area contributed by atoms with E-state index in [4.69, 9.17) is 0 Å². The number of para-hydroxylation sites is 1. The van der Waals surface area contributed by atoms with Gasteiger partial charge in [-0.3, -0.25) is 0 Å². The highest BCUT2D eigenvalue weighted by Crippen LogP contribution is 2.37. The van der Waals surface area contributed by atoms with Crippen molar-refractivity contribution < 1.29 is 0 Å². The van der Waals surface area contributed by atoms with Crippen molar-refractivity contribution in [2.24, 2.45) is 14.1 Å². The fraction of sp³-hybridized carbons (Fsp3) is 0.350. The molecule has 4 rings (SSSR count). The molecule has 0 aliphatic carbocycles. The van der Waals surface area contributed by atoms with Crippen LogP contribution in [0, 0.1) is 11.3 Å². The van der Waals surface area contributed by atoms with E-state index in [1.165, 1.54) is 4.57 Å². The Kier molecular flexibility index (Phi) is 4.65. The quantitative estimate of drug-likeness (QED) is 0.693. The van der Waals surface area contributed by atoms with Gasteiger partial charge < -0.3 is 14.0 Å². The molecule has 0 spiro atoms. The van der Waals surface area contributed by atoms with E-state index in [1.807, 2.05) is 29.8 Å². The monoisotopic (exact) mass is 375 g/mol. The first-order chi connectivity index (χ1) is 13.6. The van der Waals surface area contributed by atoms with Gasteiger partial charge >= 0.3 is 5.69 Å². The zero-order chi connectivity index (χ0) is 19.7. The molecule has 3 aromatic rings. The number of aryl methyl sites for hydroxylation is 2. The predicted octanol–water partition coefficient (Wildman–Crippen LogP) is 1.83. The average Bonchev–Trinajstić information content (AvgIpc) is 3.15. The smallest absolute Gasteiger partial charge is 0.347 e. The zero-order valence-corrected chi connectivity index (χ0v) is 15.9. The van der Waals surface area contributed by atoms with E-state index in [-0.39, 0.29) is 5.69 Å². The third kappa shape index (κ3) is 3.16. The molecule has 8 nitrogen and oxygen atoms in total. The van der Waals surface area contributed by atoms with Gasteiger partial charge in [-0.15, -0.1) is 10.2 Å². The molecule has 0 bridgehead atoms. The van der Waals surface area contributed by atoms with Gasteiger partial charge in [0.2, 0.25) is 0 Å². The standard InChI is InChI=1S/C20H21N7O/c1-25-12-16(11-22-20(25)28)17-5-3-4-15(10-21)18(17)27-8-6-14(7-9-27)19-24-23-13-26(19)2/h3-5,11-14H,6-9H2,1-2H3. The van der Waals surface area contributed by atoms with Gasteiger partial charge in [-0.1, -0.05) is 12.1 Å². The van der Waals surface area contributed by atoms with E-state index in [0.29, 0.717) is 11.5 Å². The number of anilines is 1. The van der Waals surface area contributed by atoms with E-state index in [9.17, 15) is 10.1 Å². The summed E-state index contributed by atoms with van der Waals surface area (Å²) in [5.41, 5.74) is 2.97. The molecule has 0 radical (unpaired) electrons. The summed E-state index contributed by atoms with van der Waals surface area (Å²) < 4.78 is 3.43. The highest BCUT2D eigenvalue weighted by atomic mass is 16.1. The van der Waals surface area contributed by atoms with E-state index in [0.717, 1.165) is 48.6 Å². The first-order valence-corrected chi connectivity index (χ1v) is 9.23. The number of nitrogens with zero attached hydrogens (tertiary/aromatic N) is 7. The van der Waals surface area contributed by atoms with Crippen LogP contribution in [0.1, 0.15) is 30.1 Å². The van der Waals surface area contributed by atoms with Gasteiger partial charge in [0.15, 0.2) is 0 Å². The lowest BCUT2D eigenvalue weighted by molar-refractivity contribution is 0.474. The van der Waals surface area contributed by atoms with Gasteiger partial charge in [-0.05, 0) is 18.9 Å². The summed E-state index contributed by atoms with van der Waals surface area (Å²) in [6.45, 7) is 1.64. The van der Waals surface area contributed by atoms with Crippen LogP contribution in [0.2, 0.25) is 0 Å². The van der Waals surface area contributed by atoms with Crippen LogP contribution in [0.15, 0.2) is 41.7 Å². The van der Waals surface area contributed by atoms with Crippen LogP contribution in [0.4, 0.5) is 5.69 Å². The van der Waals surface area contributed by atoms with Gasteiger partial charge in [0.1, 0.15) is 18.2 Å². The number of piperidine rings is 1. The van der Waals surface area contributed by atoms with Crippen molar-refractivity contribution in [3.05, 3.63) is 58.8 Å². The van der Waals surface area contributed by atoms with Crippen LogP contribution < -0.4 is 10.6 Å². The Morgan fingerprint density at radius 3 is 2.61 bits per heavy atom. The molecule has 142 valence electrons. The number of benzene rings is 1. The van der Waals surface area contributed by atoms with Crippen LogP contribution in [0.25, 0.3) is 11.1 Å². The largest absolute Gasteiger partial charge is 0.370 e. The zero-order valence-electron chi connectivity index (χ0n) is 15.9. The second-order valence-electron chi connectivity index (χ2n) is 7.11. The van der Waals surface area contributed by atoms with Gasteiger partial charge in [0, 0.05) is 56.6 Å². The molecule has 0 atom stereocenters. The van der Waals surface area contributed by atoms with Crippen molar-refractivity contribution in [2.75, 3.05) is 18.0 Å². The molecule has 2 aromatic heterocycles. The lowest BCUT2D eigenvalue weighted by Gasteiger charge is -2.35. The molecular formula is C20H21N7O. The maximum atomic E-state index is 11.7. The van der Waals surface area contributed by atoms with E-state index < -0.39 is 0 Å². The minimum absolute atomic E-state index is 0.300. The van der Waals surface area contributed by atoms with Crippen molar-refractivity contribution in [1.82, 2.24) is 24.3 Å².